The summed E-state index contributed by atoms with van der Waals surface area (Å²) >= 11 is 0. The van der Waals surface area contributed by atoms with Gasteiger partial charge in [-0.1, -0.05) is 13.0 Å². The van der Waals surface area contributed by atoms with Crippen LogP contribution in [0.1, 0.15) is 12.5 Å². The van der Waals surface area contributed by atoms with Crippen molar-refractivity contribution in [2.24, 2.45) is 0 Å². The van der Waals surface area contributed by atoms with Gasteiger partial charge in [-0.25, -0.2) is 0 Å². The zero-order valence-corrected chi connectivity index (χ0v) is 8.00. The maximum atomic E-state index is 9.31. The van der Waals surface area contributed by atoms with Crippen LogP contribution in [0, 0.1) is 0 Å². The van der Waals surface area contributed by atoms with Crippen LogP contribution in [0.5, 0.6) is 11.5 Å². The van der Waals surface area contributed by atoms with Gasteiger partial charge in [-0.3, -0.25) is 0 Å². The Kier molecular flexibility index (Phi) is 3.58. The van der Waals surface area contributed by atoms with Gasteiger partial charge in [0.2, 0.25) is 0 Å². The molecule has 0 atom stereocenters. The lowest BCUT2D eigenvalue weighted by Gasteiger charge is -2.06. The zero-order valence-electron chi connectivity index (χ0n) is 8.00. The van der Waals surface area contributed by atoms with Crippen LogP contribution in [0.15, 0.2) is 18.2 Å². The Morgan fingerprint density at radius 1 is 1.46 bits per heavy atom. The second-order valence-corrected chi connectivity index (χ2v) is 2.79. The summed E-state index contributed by atoms with van der Waals surface area (Å²) in [5, 5.41) is 12.5. The van der Waals surface area contributed by atoms with Gasteiger partial charge in [0.1, 0.15) is 0 Å². The molecule has 0 amide bonds. The van der Waals surface area contributed by atoms with E-state index in [1.807, 2.05) is 12.1 Å². The predicted octanol–water partition coefficient (Wildman–Crippen LogP) is 1.51. The average molecular weight is 181 g/mol. The highest BCUT2D eigenvalue weighted by Gasteiger charge is 2.01. The molecule has 0 saturated carbocycles. The summed E-state index contributed by atoms with van der Waals surface area (Å²) in [6.45, 7) is 3.79. The highest BCUT2D eigenvalue weighted by Crippen LogP contribution is 2.25. The van der Waals surface area contributed by atoms with Gasteiger partial charge in [0, 0.05) is 6.54 Å². The van der Waals surface area contributed by atoms with Crippen molar-refractivity contribution < 1.29 is 9.84 Å². The minimum atomic E-state index is 0.183. The molecule has 0 aliphatic carbocycles. The van der Waals surface area contributed by atoms with Crippen molar-refractivity contribution in [1.29, 1.82) is 0 Å². The first-order chi connectivity index (χ1) is 6.27. The van der Waals surface area contributed by atoms with E-state index < -0.39 is 0 Å². The lowest BCUT2D eigenvalue weighted by atomic mass is 10.2. The van der Waals surface area contributed by atoms with Crippen molar-refractivity contribution in [1.82, 2.24) is 5.32 Å². The lowest BCUT2D eigenvalue weighted by molar-refractivity contribution is 0.373. The van der Waals surface area contributed by atoms with E-state index in [-0.39, 0.29) is 5.75 Å². The second-order valence-electron chi connectivity index (χ2n) is 2.79. The van der Waals surface area contributed by atoms with Crippen molar-refractivity contribution in [3.05, 3.63) is 23.8 Å². The van der Waals surface area contributed by atoms with Crippen LogP contribution >= 0.6 is 0 Å². The SMILES string of the molecule is CCNCc1ccc(O)c(OC)c1. The van der Waals surface area contributed by atoms with E-state index in [1.54, 1.807) is 13.2 Å². The number of ether oxygens (including phenoxy) is 1. The van der Waals surface area contributed by atoms with Crippen molar-refractivity contribution in [2.75, 3.05) is 13.7 Å². The Labute approximate surface area is 78.3 Å². The van der Waals surface area contributed by atoms with Crippen LogP contribution in [0.4, 0.5) is 0 Å². The number of nitrogens with one attached hydrogen (secondary N) is 1. The van der Waals surface area contributed by atoms with Gasteiger partial charge >= 0.3 is 0 Å². The van der Waals surface area contributed by atoms with E-state index in [9.17, 15) is 5.11 Å². The van der Waals surface area contributed by atoms with Crippen molar-refractivity contribution in [3.63, 3.8) is 0 Å². The minimum Gasteiger partial charge on any atom is -0.504 e. The minimum absolute atomic E-state index is 0.183. The molecule has 1 rings (SSSR count). The number of hydrogen-bond acceptors (Lipinski definition) is 3. The smallest absolute Gasteiger partial charge is 0.160 e. The summed E-state index contributed by atoms with van der Waals surface area (Å²) in [5.74, 6) is 0.707. The third-order valence-corrected chi connectivity index (χ3v) is 1.82. The van der Waals surface area contributed by atoms with E-state index in [0.717, 1.165) is 18.7 Å². The molecule has 0 aliphatic heterocycles. The highest BCUT2D eigenvalue weighted by atomic mass is 16.5. The first-order valence-electron chi connectivity index (χ1n) is 4.34. The summed E-state index contributed by atoms with van der Waals surface area (Å²) in [6, 6.07) is 5.35. The molecule has 0 spiro atoms. The van der Waals surface area contributed by atoms with Crippen LogP contribution in [0.25, 0.3) is 0 Å². The predicted molar refractivity (Wildman–Crippen MR) is 52.0 cm³/mol. The van der Waals surface area contributed by atoms with E-state index in [2.05, 4.69) is 12.2 Å². The molecule has 0 radical (unpaired) electrons. The first-order valence-corrected chi connectivity index (χ1v) is 4.34. The maximum absolute atomic E-state index is 9.31. The number of hydrogen-bond donors (Lipinski definition) is 2. The molecule has 0 saturated heterocycles. The van der Waals surface area contributed by atoms with Crippen LogP contribution in [-0.4, -0.2) is 18.8 Å². The molecule has 0 fully saturated rings. The number of methoxy groups -OCH3 is 1. The number of aromatic hydroxyl groups is 1. The quantitative estimate of drug-likeness (QED) is 0.739. The highest BCUT2D eigenvalue weighted by molar-refractivity contribution is 5.41. The Balaban J connectivity index is 2.74. The molecule has 2 N–H and O–H groups in total. The van der Waals surface area contributed by atoms with Crippen LogP contribution in [0.3, 0.4) is 0 Å². The Morgan fingerprint density at radius 2 is 2.23 bits per heavy atom. The fourth-order valence-electron chi connectivity index (χ4n) is 1.10. The summed E-state index contributed by atoms with van der Waals surface area (Å²) < 4.78 is 4.99. The third-order valence-electron chi connectivity index (χ3n) is 1.82. The number of phenols is 1. The Morgan fingerprint density at radius 3 is 2.85 bits per heavy atom. The second kappa shape index (κ2) is 4.72. The largest absolute Gasteiger partial charge is 0.504 e. The average Bonchev–Trinajstić information content (AvgIpc) is 2.16. The van der Waals surface area contributed by atoms with Gasteiger partial charge < -0.3 is 15.2 Å². The molecule has 0 unspecified atom stereocenters. The molecule has 13 heavy (non-hydrogen) atoms. The summed E-state index contributed by atoms with van der Waals surface area (Å²) in [6.07, 6.45) is 0. The molecule has 72 valence electrons. The number of rotatable bonds is 4. The molecule has 3 heteroatoms. The van der Waals surface area contributed by atoms with Crippen LogP contribution in [-0.2, 0) is 6.54 Å². The summed E-state index contributed by atoms with van der Waals surface area (Å²) in [5.41, 5.74) is 1.11. The topological polar surface area (TPSA) is 41.5 Å². The standard InChI is InChI=1S/C10H15NO2/c1-3-11-7-8-4-5-9(12)10(6-8)13-2/h4-6,11-12H,3,7H2,1-2H3. The summed E-state index contributed by atoms with van der Waals surface area (Å²) in [7, 11) is 1.55. The molecule has 0 aromatic heterocycles. The maximum Gasteiger partial charge on any atom is 0.160 e. The van der Waals surface area contributed by atoms with Gasteiger partial charge in [0.15, 0.2) is 11.5 Å². The van der Waals surface area contributed by atoms with E-state index in [1.165, 1.54) is 0 Å². The Hall–Kier alpha value is -1.22. The molecular formula is C10H15NO2. The van der Waals surface area contributed by atoms with Crippen molar-refractivity contribution in [2.45, 2.75) is 13.5 Å². The fourth-order valence-corrected chi connectivity index (χ4v) is 1.10. The van der Waals surface area contributed by atoms with Gasteiger partial charge in [-0.05, 0) is 24.2 Å². The van der Waals surface area contributed by atoms with E-state index in [4.69, 9.17) is 4.74 Å². The van der Waals surface area contributed by atoms with Crippen LogP contribution < -0.4 is 10.1 Å². The zero-order chi connectivity index (χ0) is 9.68. The molecule has 1 aromatic carbocycles. The normalized spacial score (nSPS) is 10.0. The van der Waals surface area contributed by atoms with Gasteiger partial charge in [0.05, 0.1) is 7.11 Å². The van der Waals surface area contributed by atoms with Gasteiger partial charge in [0.25, 0.3) is 0 Å². The molecular weight excluding hydrogens is 166 g/mol. The molecule has 0 heterocycles. The summed E-state index contributed by atoms with van der Waals surface area (Å²) in [4.78, 5) is 0. The number of phenolic OH excluding ortho intramolecular Hbond substituents is 1. The molecule has 0 bridgehead atoms. The van der Waals surface area contributed by atoms with E-state index in [0.29, 0.717) is 5.75 Å². The first kappa shape index (κ1) is 9.86. The van der Waals surface area contributed by atoms with Crippen molar-refractivity contribution >= 4 is 0 Å². The molecule has 1 aromatic rings. The van der Waals surface area contributed by atoms with Gasteiger partial charge in [-0.15, -0.1) is 0 Å². The Bertz CT molecular complexity index is 274. The van der Waals surface area contributed by atoms with E-state index >= 15 is 0 Å². The lowest BCUT2D eigenvalue weighted by Crippen LogP contribution is -2.11. The monoisotopic (exact) mass is 181 g/mol. The van der Waals surface area contributed by atoms with Gasteiger partial charge in [-0.2, -0.15) is 0 Å². The number of benzene rings is 1. The van der Waals surface area contributed by atoms with Crippen molar-refractivity contribution in [3.8, 4) is 11.5 Å². The van der Waals surface area contributed by atoms with Crippen LogP contribution in [0.2, 0.25) is 0 Å². The third kappa shape index (κ3) is 2.63. The molecule has 0 aliphatic rings. The molecule has 3 nitrogen and oxygen atoms in total. The fraction of sp³-hybridized carbons (Fsp3) is 0.400.